The van der Waals surface area contributed by atoms with Crippen molar-refractivity contribution in [3.63, 3.8) is 0 Å². The van der Waals surface area contributed by atoms with E-state index in [4.69, 9.17) is 4.74 Å². The summed E-state index contributed by atoms with van der Waals surface area (Å²) in [7, 11) is 1.68. The topological polar surface area (TPSA) is 87.6 Å². The van der Waals surface area contributed by atoms with Gasteiger partial charge in [-0.15, -0.1) is 0 Å². The Balaban J connectivity index is 1.80. The number of hydrogen-bond donors (Lipinski definition) is 3. The molecule has 1 amide bonds. The summed E-state index contributed by atoms with van der Waals surface area (Å²) in [5.41, 5.74) is 0.802. The summed E-state index contributed by atoms with van der Waals surface area (Å²) in [5.74, 6) is 1.97. The van der Waals surface area contributed by atoms with Gasteiger partial charge in [-0.2, -0.15) is 0 Å². The first-order chi connectivity index (χ1) is 13.2. The fraction of sp³-hybridized carbons (Fsp3) is 0.667. The van der Waals surface area contributed by atoms with Crippen LogP contribution in [0.4, 0.5) is 0 Å². The standard InChI is InChI=1S/C21H35N5O2/c1-15-6-8-17(9-7-15)28-19-12-16(10-11-23-19)13-24-20(22-5)25-14-18(27)26-21(2,3)4/h10-12,15,17H,6-9,13-14H2,1-5H3,(H,26,27)(H2,22,24,25). The Morgan fingerprint density at radius 1 is 1.25 bits per heavy atom. The van der Waals surface area contributed by atoms with Gasteiger partial charge < -0.3 is 20.7 Å². The van der Waals surface area contributed by atoms with E-state index in [1.54, 1.807) is 13.2 Å². The van der Waals surface area contributed by atoms with Crippen LogP contribution in [0.3, 0.4) is 0 Å². The second kappa shape index (κ2) is 10.3. The van der Waals surface area contributed by atoms with Crippen LogP contribution >= 0.6 is 0 Å². The van der Waals surface area contributed by atoms with E-state index in [1.807, 2.05) is 32.9 Å². The van der Waals surface area contributed by atoms with Gasteiger partial charge in [0.25, 0.3) is 0 Å². The van der Waals surface area contributed by atoms with E-state index in [-0.39, 0.29) is 24.1 Å². The number of guanidine groups is 1. The molecular formula is C21H35N5O2. The molecule has 0 saturated heterocycles. The quantitative estimate of drug-likeness (QED) is 0.514. The number of nitrogens with zero attached hydrogens (tertiary/aromatic N) is 2. The minimum atomic E-state index is -0.250. The van der Waals surface area contributed by atoms with Crippen LogP contribution in [-0.4, -0.2) is 42.1 Å². The number of ether oxygens (including phenoxy) is 1. The monoisotopic (exact) mass is 389 g/mol. The molecule has 0 spiro atoms. The molecule has 1 heterocycles. The summed E-state index contributed by atoms with van der Waals surface area (Å²) in [6, 6.07) is 3.91. The van der Waals surface area contributed by atoms with Crippen molar-refractivity contribution in [2.75, 3.05) is 13.6 Å². The highest BCUT2D eigenvalue weighted by Crippen LogP contribution is 2.26. The molecule has 3 N–H and O–H groups in total. The van der Waals surface area contributed by atoms with E-state index >= 15 is 0 Å². The van der Waals surface area contributed by atoms with Crippen molar-refractivity contribution in [2.24, 2.45) is 10.9 Å². The Labute approximate surface area is 168 Å². The van der Waals surface area contributed by atoms with Crippen LogP contribution in [0.25, 0.3) is 0 Å². The number of carbonyl (C=O) groups is 1. The Kier molecular flexibility index (Phi) is 8.08. The number of rotatable bonds is 6. The molecule has 0 aromatic carbocycles. The predicted molar refractivity (Wildman–Crippen MR) is 112 cm³/mol. The number of nitrogens with one attached hydrogen (secondary N) is 3. The fourth-order valence-corrected chi connectivity index (χ4v) is 3.18. The molecule has 0 atom stereocenters. The number of amides is 1. The average Bonchev–Trinajstić information content (AvgIpc) is 2.63. The van der Waals surface area contributed by atoms with Gasteiger partial charge in [0.2, 0.25) is 11.8 Å². The van der Waals surface area contributed by atoms with Crippen LogP contribution < -0.4 is 20.7 Å². The maximum Gasteiger partial charge on any atom is 0.239 e. The minimum Gasteiger partial charge on any atom is -0.474 e. The Morgan fingerprint density at radius 3 is 2.61 bits per heavy atom. The lowest BCUT2D eigenvalue weighted by Gasteiger charge is -2.26. The van der Waals surface area contributed by atoms with Crippen LogP contribution in [0.5, 0.6) is 5.88 Å². The molecule has 7 nitrogen and oxygen atoms in total. The van der Waals surface area contributed by atoms with Crippen LogP contribution in [0.2, 0.25) is 0 Å². The number of aromatic nitrogens is 1. The second-order valence-electron chi connectivity index (χ2n) is 8.58. The molecule has 1 saturated carbocycles. The molecule has 1 aromatic rings. The normalized spacial score (nSPS) is 20.4. The molecule has 1 fully saturated rings. The maximum absolute atomic E-state index is 11.9. The van der Waals surface area contributed by atoms with E-state index in [0.717, 1.165) is 24.3 Å². The number of carbonyl (C=O) groups excluding carboxylic acids is 1. The Hall–Kier alpha value is -2.31. The molecule has 28 heavy (non-hydrogen) atoms. The van der Waals surface area contributed by atoms with E-state index in [1.165, 1.54) is 12.8 Å². The summed E-state index contributed by atoms with van der Waals surface area (Å²) in [6.45, 7) is 8.90. The largest absolute Gasteiger partial charge is 0.474 e. The lowest BCUT2D eigenvalue weighted by atomic mass is 9.89. The van der Waals surface area contributed by atoms with Crippen molar-refractivity contribution < 1.29 is 9.53 Å². The van der Waals surface area contributed by atoms with Crippen molar-refractivity contribution in [3.8, 4) is 5.88 Å². The molecule has 0 radical (unpaired) electrons. The zero-order chi connectivity index (χ0) is 20.6. The van der Waals surface area contributed by atoms with Gasteiger partial charge in [0.1, 0.15) is 6.10 Å². The molecule has 1 aliphatic carbocycles. The van der Waals surface area contributed by atoms with Gasteiger partial charge in [-0.25, -0.2) is 4.98 Å². The van der Waals surface area contributed by atoms with Crippen molar-refractivity contribution in [3.05, 3.63) is 23.9 Å². The number of pyridine rings is 1. The van der Waals surface area contributed by atoms with Gasteiger partial charge in [-0.3, -0.25) is 9.79 Å². The molecular weight excluding hydrogens is 354 g/mol. The second-order valence-corrected chi connectivity index (χ2v) is 8.58. The van der Waals surface area contributed by atoms with Crippen molar-refractivity contribution in [1.82, 2.24) is 20.9 Å². The first kappa shape index (κ1) is 22.0. The summed E-state index contributed by atoms with van der Waals surface area (Å²) >= 11 is 0. The van der Waals surface area contributed by atoms with E-state index in [9.17, 15) is 4.79 Å². The molecule has 0 bridgehead atoms. The first-order valence-electron chi connectivity index (χ1n) is 10.1. The Morgan fingerprint density at radius 2 is 1.96 bits per heavy atom. The minimum absolute atomic E-state index is 0.0724. The van der Waals surface area contributed by atoms with Crippen molar-refractivity contribution >= 4 is 11.9 Å². The van der Waals surface area contributed by atoms with Crippen LogP contribution in [0.15, 0.2) is 23.3 Å². The SMILES string of the molecule is CN=C(NCC(=O)NC(C)(C)C)NCc1ccnc(OC2CCC(C)CC2)c1. The highest BCUT2D eigenvalue weighted by molar-refractivity contribution is 5.86. The maximum atomic E-state index is 11.9. The highest BCUT2D eigenvalue weighted by Gasteiger charge is 2.20. The van der Waals surface area contributed by atoms with Gasteiger partial charge >= 0.3 is 0 Å². The molecule has 1 aromatic heterocycles. The predicted octanol–water partition coefficient (Wildman–Crippen LogP) is 2.62. The highest BCUT2D eigenvalue weighted by atomic mass is 16.5. The molecule has 2 rings (SSSR count). The number of aliphatic imine (C=N–C) groups is 1. The fourth-order valence-electron chi connectivity index (χ4n) is 3.18. The smallest absolute Gasteiger partial charge is 0.239 e. The summed E-state index contributed by atoms with van der Waals surface area (Å²) in [4.78, 5) is 20.4. The van der Waals surface area contributed by atoms with Gasteiger partial charge in [-0.1, -0.05) is 6.92 Å². The van der Waals surface area contributed by atoms with E-state index in [2.05, 4.69) is 32.9 Å². The lowest BCUT2D eigenvalue weighted by Crippen LogP contribution is -2.48. The molecule has 1 aliphatic rings. The summed E-state index contributed by atoms with van der Waals surface area (Å²) < 4.78 is 6.07. The lowest BCUT2D eigenvalue weighted by molar-refractivity contribution is -0.121. The van der Waals surface area contributed by atoms with Gasteiger partial charge in [0, 0.05) is 31.4 Å². The van der Waals surface area contributed by atoms with Gasteiger partial charge in [-0.05, 0) is 64.0 Å². The average molecular weight is 390 g/mol. The molecule has 0 aliphatic heterocycles. The zero-order valence-electron chi connectivity index (χ0n) is 17.8. The van der Waals surface area contributed by atoms with Crippen LogP contribution in [-0.2, 0) is 11.3 Å². The molecule has 156 valence electrons. The Bertz CT molecular complexity index is 661. The van der Waals surface area contributed by atoms with Gasteiger partial charge in [0.05, 0.1) is 6.54 Å². The van der Waals surface area contributed by atoms with Crippen molar-refractivity contribution in [2.45, 2.75) is 71.6 Å². The van der Waals surface area contributed by atoms with E-state index in [0.29, 0.717) is 18.4 Å². The van der Waals surface area contributed by atoms with Crippen LogP contribution in [0.1, 0.15) is 58.9 Å². The molecule has 7 heteroatoms. The van der Waals surface area contributed by atoms with E-state index < -0.39 is 0 Å². The van der Waals surface area contributed by atoms with Crippen LogP contribution in [0, 0.1) is 5.92 Å². The summed E-state index contributed by atoms with van der Waals surface area (Å²) in [5, 5.41) is 9.15. The first-order valence-corrected chi connectivity index (χ1v) is 10.1. The third-order valence-corrected chi connectivity index (χ3v) is 4.66. The third-order valence-electron chi connectivity index (χ3n) is 4.66. The zero-order valence-corrected chi connectivity index (χ0v) is 17.8. The molecule has 0 unspecified atom stereocenters. The number of hydrogen-bond acceptors (Lipinski definition) is 4. The third kappa shape index (κ3) is 8.15. The summed E-state index contributed by atoms with van der Waals surface area (Å²) in [6.07, 6.45) is 6.66. The van der Waals surface area contributed by atoms with Gasteiger partial charge in [0.15, 0.2) is 5.96 Å². The van der Waals surface area contributed by atoms with Crippen molar-refractivity contribution in [1.29, 1.82) is 0 Å².